The van der Waals surface area contributed by atoms with Crippen LogP contribution in [0, 0.1) is 11.6 Å². The third kappa shape index (κ3) is 5.85. The molecular weight excluding hydrogens is 600 g/mol. The first-order valence-corrected chi connectivity index (χ1v) is 16.3. The monoisotopic (exact) mass is 637 g/mol. The van der Waals surface area contributed by atoms with Gasteiger partial charge in [0.2, 0.25) is 0 Å². The second-order valence-corrected chi connectivity index (χ2v) is 13.2. The van der Waals surface area contributed by atoms with Gasteiger partial charge in [-0.1, -0.05) is 24.8 Å². The third-order valence-electron chi connectivity index (χ3n) is 8.31. The molecule has 9 nitrogen and oxygen atoms in total. The zero-order chi connectivity index (χ0) is 32.0. The summed E-state index contributed by atoms with van der Waals surface area (Å²) in [4.78, 5) is 31.0. The normalized spacial score (nSPS) is 18.2. The molecule has 0 aliphatic carbocycles. The van der Waals surface area contributed by atoms with Crippen LogP contribution in [0.2, 0.25) is 0 Å². The molecule has 4 heterocycles. The molecule has 2 fully saturated rings. The molecular formula is C33H37F2N5O4S. The van der Waals surface area contributed by atoms with Gasteiger partial charge in [-0.2, -0.15) is 0 Å². The van der Waals surface area contributed by atoms with Crippen LogP contribution in [0.15, 0.2) is 35.6 Å². The maximum Gasteiger partial charge on any atom is 0.410 e. The maximum atomic E-state index is 16.7. The van der Waals surface area contributed by atoms with Gasteiger partial charge in [0.1, 0.15) is 34.2 Å². The van der Waals surface area contributed by atoms with E-state index in [1.54, 1.807) is 24.4 Å². The summed E-state index contributed by atoms with van der Waals surface area (Å²) in [6.07, 6.45) is 5.23. The molecule has 0 radical (unpaired) electrons. The molecule has 2 aromatic carbocycles. The zero-order valence-corrected chi connectivity index (χ0v) is 27.1. The van der Waals surface area contributed by atoms with Gasteiger partial charge in [-0.05, 0) is 80.8 Å². The predicted octanol–water partition coefficient (Wildman–Crippen LogP) is 6.98. The highest BCUT2D eigenvalue weighted by Gasteiger charge is 2.45. The Balaban J connectivity index is 1.45. The largest absolute Gasteiger partial charge is 0.468 e. The van der Waals surface area contributed by atoms with Crippen molar-refractivity contribution in [2.24, 2.45) is 0 Å². The predicted molar refractivity (Wildman–Crippen MR) is 171 cm³/mol. The Morgan fingerprint density at radius 2 is 1.84 bits per heavy atom. The number of aryl methyl sites for hydroxylation is 1. The molecule has 0 spiro atoms. The standard InChI is InChI=1S/C33H37F2N5O4S/c1-7-22-25(34)11-8-18-12-21(43-17-42-5)13-23(26(18)22)28-27(35)29-24(14-36-28)30(38-31(37-29)45-6)39-15-19-9-10-20(16-39)40(19)32(41)44-33(2,3)4/h8,11-14,19-20H,7,9-10,15-17H2,1-6H3. The number of benzene rings is 2. The Hall–Kier alpha value is -3.77. The number of rotatable bonds is 7. The lowest BCUT2D eigenvalue weighted by molar-refractivity contribution is 0.0123. The topological polar surface area (TPSA) is 89.9 Å². The van der Waals surface area contributed by atoms with Crippen molar-refractivity contribution in [1.29, 1.82) is 0 Å². The molecule has 6 rings (SSSR count). The molecule has 2 unspecified atom stereocenters. The van der Waals surface area contributed by atoms with E-state index in [2.05, 4.69) is 14.9 Å². The number of thioether (sulfide) groups is 1. The van der Waals surface area contributed by atoms with Gasteiger partial charge in [-0.25, -0.2) is 23.5 Å². The lowest BCUT2D eigenvalue weighted by Crippen LogP contribution is -2.57. The summed E-state index contributed by atoms with van der Waals surface area (Å²) in [6, 6.07) is 6.41. The van der Waals surface area contributed by atoms with Crippen LogP contribution in [0.25, 0.3) is 32.9 Å². The van der Waals surface area contributed by atoms with Crippen LogP contribution in [-0.2, 0) is 15.9 Å². The van der Waals surface area contributed by atoms with Crippen LogP contribution >= 0.6 is 11.8 Å². The van der Waals surface area contributed by atoms with E-state index >= 15 is 8.78 Å². The smallest absolute Gasteiger partial charge is 0.410 e. The van der Waals surface area contributed by atoms with Gasteiger partial charge in [0, 0.05) is 32.0 Å². The zero-order valence-electron chi connectivity index (χ0n) is 26.3. The summed E-state index contributed by atoms with van der Waals surface area (Å²) in [5.41, 5.74) is 0.455. The van der Waals surface area contributed by atoms with Gasteiger partial charge in [0.15, 0.2) is 17.8 Å². The Labute approximate surface area is 265 Å². The number of carbonyl (C=O) groups is 1. The van der Waals surface area contributed by atoms with Crippen LogP contribution in [-0.4, -0.2) is 76.9 Å². The number of pyridine rings is 1. The third-order valence-corrected chi connectivity index (χ3v) is 8.85. The van der Waals surface area contributed by atoms with Crippen molar-refractivity contribution in [3.05, 3.63) is 47.7 Å². The van der Waals surface area contributed by atoms with E-state index in [4.69, 9.17) is 19.2 Å². The summed E-state index contributed by atoms with van der Waals surface area (Å²) in [7, 11) is 1.51. The van der Waals surface area contributed by atoms with E-state index in [1.807, 2.05) is 38.9 Å². The van der Waals surface area contributed by atoms with Crippen molar-refractivity contribution in [1.82, 2.24) is 19.9 Å². The Bertz CT molecular complexity index is 1770. The minimum Gasteiger partial charge on any atom is -0.468 e. The van der Waals surface area contributed by atoms with E-state index in [1.165, 1.54) is 24.9 Å². The number of hydrogen-bond donors (Lipinski definition) is 0. The van der Waals surface area contributed by atoms with E-state index in [0.29, 0.717) is 63.5 Å². The molecule has 2 bridgehead atoms. The minimum absolute atomic E-state index is 0.00272. The highest BCUT2D eigenvalue weighted by Crippen LogP contribution is 2.41. The number of piperazine rings is 1. The average molecular weight is 638 g/mol. The maximum absolute atomic E-state index is 16.7. The van der Waals surface area contributed by atoms with Crippen LogP contribution in [0.4, 0.5) is 19.4 Å². The molecule has 2 atom stereocenters. The first-order chi connectivity index (χ1) is 21.5. The fourth-order valence-corrected chi connectivity index (χ4v) is 6.82. The van der Waals surface area contributed by atoms with Gasteiger partial charge in [-0.15, -0.1) is 0 Å². The van der Waals surface area contributed by atoms with Gasteiger partial charge >= 0.3 is 6.09 Å². The summed E-state index contributed by atoms with van der Waals surface area (Å²) < 4.78 is 48.3. The van der Waals surface area contributed by atoms with Crippen LogP contribution in [0.5, 0.6) is 5.75 Å². The van der Waals surface area contributed by atoms with Crippen molar-refractivity contribution in [2.75, 3.05) is 38.1 Å². The van der Waals surface area contributed by atoms with E-state index < -0.39 is 11.4 Å². The highest BCUT2D eigenvalue weighted by molar-refractivity contribution is 7.98. The lowest BCUT2D eigenvalue weighted by atomic mass is 9.94. The van der Waals surface area contributed by atoms with Crippen molar-refractivity contribution in [2.45, 2.75) is 69.8 Å². The molecule has 2 aliphatic heterocycles. The first kappa shape index (κ1) is 31.2. The highest BCUT2D eigenvalue weighted by atomic mass is 32.2. The number of halogens is 2. The summed E-state index contributed by atoms with van der Waals surface area (Å²) in [6.45, 7) is 8.50. The van der Waals surface area contributed by atoms with Crippen molar-refractivity contribution in [3.8, 4) is 17.0 Å². The number of ether oxygens (including phenoxy) is 3. The van der Waals surface area contributed by atoms with Crippen molar-refractivity contribution >= 4 is 45.3 Å². The number of hydrogen-bond acceptors (Lipinski definition) is 9. The molecule has 0 saturated carbocycles. The average Bonchev–Trinajstić information content (AvgIpc) is 3.28. The minimum atomic E-state index is -0.627. The van der Waals surface area contributed by atoms with E-state index in [-0.39, 0.29) is 42.0 Å². The van der Waals surface area contributed by atoms with Gasteiger partial charge < -0.3 is 19.1 Å². The fraction of sp³-hybridized carbons (Fsp3) is 0.455. The van der Waals surface area contributed by atoms with E-state index in [0.717, 1.165) is 12.8 Å². The second-order valence-electron chi connectivity index (χ2n) is 12.4. The van der Waals surface area contributed by atoms with Crippen LogP contribution in [0.3, 0.4) is 0 Å². The molecule has 2 aromatic heterocycles. The number of amides is 1. The molecule has 2 aliphatic rings. The number of carbonyl (C=O) groups excluding carboxylic acids is 1. The van der Waals surface area contributed by atoms with Crippen LogP contribution < -0.4 is 9.64 Å². The number of methoxy groups -OCH3 is 1. The Morgan fingerprint density at radius 3 is 2.49 bits per heavy atom. The molecule has 4 aromatic rings. The molecule has 1 amide bonds. The molecule has 45 heavy (non-hydrogen) atoms. The molecule has 12 heteroatoms. The molecule has 2 saturated heterocycles. The second kappa shape index (κ2) is 12.2. The van der Waals surface area contributed by atoms with E-state index in [9.17, 15) is 4.79 Å². The summed E-state index contributed by atoms with van der Waals surface area (Å²) in [5, 5.41) is 2.15. The number of fused-ring (bicyclic) bond motifs is 4. The number of nitrogens with zero attached hydrogens (tertiary/aromatic N) is 5. The SMILES string of the molecule is CCc1c(F)ccc2cc(OCOC)cc(-c3ncc4c(N5CC6CCC(C5)N6C(=O)OC(C)(C)C)nc(SC)nc4c3F)c12. The molecule has 238 valence electrons. The lowest BCUT2D eigenvalue weighted by Gasteiger charge is -2.42. The summed E-state index contributed by atoms with van der Waals surface area (Å²) in [5.74, 6) is 0.0250. The van der Waals surface area contributed by atoms with Gasteiger partial charge in [-0.3, -0.25) is 9.88 Å². The number of anilines is 1. The Kier molecular flexibility index (Phi) is 8.47. The van der Waals surface area contributed by atoms with Gasteiger partial charge in [0.25, 0.3) is 0 Å². The summed E-state index contributed by atoms with van der Waals surface area (Å²) >= 11 is 1.32. The fourth-order valence-electron chi connectivity index (χ4n) is 6.46. The number of aromatic nitrogens is 3. The molecule has 0 N–H and O–H groups in total. The quantitative estimate of drug-likeness (QED) is 0.121. The first-order valence-electron chi connectivity index (χ1n) is 15.1. The van der Waals surface area contributed by atoms with Gasteiger partial charge in [0.05, 0.1) is 17.5 Å². The van der Waals surface area contributed by atoms with Crippen LogP contribution in [0.1, 0.15) is 46.1 Å². The Morgan fingerprint density at radius 1 is 1.11 bits per heavy atom. The van der Waals surface area contributed by atoms with Crippen molar-refractivity contribution in [3.63, 3.8) is 0 Å². The van der Waals surface area contributed by atoms with Crippen molar-refractivity contribution < 1.29 is 27.8 Å².